The van der Waals surface area contributed by atoms with Crippen molar-refractivity contribution in [1.82, 2.24) is 5.32 Å². The van der Waals surface area contributed by atoms with Crippen LogP contribution in [0.3, 0.4) is 0 Å². The number of quaternary nitrogens is 1. The van der Waals surface area contributed by atoms with Crippen molar-refractivity contribution in [3.05, 3.63) is 24.3 Å². The fraction of sp³-hybridized carbons (Fsp3) is 0.900. The summed E-state index contributed by atoms with van der Waals surface area (Å²) >= 11 is 0. The first-order chi connectivity index (χ1) is 28.5. The molecule has 0 aromatic heterocycles. The molecule has 0 saturated heterocycles. The highest BCUT2D eigenvalue weighted by Crippen LogP contribution is 2.43. The number of nitrogens with zero attached hydrogens (tertiary/aromatic N) is 1. The van der Waals surface area contributed by atoms with Gasteiger partial charge >= 0.3 is 7.82 Å². The van der Waals surface area contributed by atoms with E-state index in [1.807, 2.05) is 27.2 Å². The summed E-state index contributed by atoms with van der Waals surface area (Å²) in [6, 6.07) is -0.857. The molecule has 0 spiro atoms. The van der Waals surface area contributed by atoms with Gasteiger partial charge in [-0.15, -0.1) is 0 Å². The summed E-state index contributed by atoms with van der Waals surface area (Å²) in [6.07, 6.45) is 51.5. The Morgan fingerprint density at radius 2 is 0.932 bits per heavy atom. The minimum Gasteiger partial charge on any atom is -0.387 e. The van der Waals surface area contributed by atoms with E-state index in [-0.39, 0.29) is 19.1 Å². The van der Waals surface area contributed by atoms with Crippen LogP contribution in [0, 0.1) is 0 Å². The highest BCUT2D eigenvalue weighted by atomic mass is 31.2. The number of hydrogen-bond donors (Lipinski definition) is 3. The second kappa shape index (κ2) is 42.3. The van der Waals surface area contributed by atoms with Crippen LogP contribution in [0.5, 0.6) is 0 Å². The Kier molecular flexibility index (Phi) is 41.6. The number of nitrogens with one attached hydrogen (secondary N) is 1. The van der Waals surface area contributed by atoms with Gasteiger partial charge < -0.3 is 19.8 Å². The molecule has 59 heavy (non-hydrogen) atoms. The van der Waals surface area contributed by atoms with Crippen molar-refractivity contribution in [2.75, 3.05) is 40.9 Å². The number of carbonyl (C=O) groups is 1. The van der Waals surface area contributed by atoms with E-state index in [9.17, 15) is 19.4 Å². The van der Waals surface area contributed by atoms with Crippen LogP contribution in [0.25, 0.3) is 0 Å². The number of unbranched alkanes of at least 4 members (excludes halogenated alkanes) is 31. The highest BCUT2D eigenvalue weighted by Gasteiger charge is 2.27. The maximum atomic E-state index is 12.9. The zero-order chi connectivity index (χ0) is 43.6. The lowest BCUT2D eigenvalue weighted by atomic mass is 10.0. The van der Waals surface area contributed by atoms with Gasteiger partial charge in [0.1, 0.15) is 13.2 Å². The van der Waals surface area contributed by atoms with Crippen molar-refractivity contribution in [2.45, 2.75) is 251 Å². The second-order valence-electron chi connectivity index (χ2n) is 18.5. The predicted octanol–water partition coefficient (Wildman–Crippen LogP) is 14.5. The number of aliphatic hydroxyl groups is 1. The van der Waals surface area contributed by atoms with E-state index in [0.717, 1.165) is 38.5 Å². The number of phosphoric acid groups is 1. The predicted molar refractivity (Wildman–Crippen MR) is 254 cm³/mol. The molecule has 9 heteroatoms. The lowest BCUT2D eigenvalue weighted by Crippen LogP contribution is -2.45. The fourth-order valence-corrected chi connectivity index (χ4v) is 8.15. The summed E-state index contributed by atoms with van der Waals surface area (Å²) in [5.41, 5.74) is 0. The molecule has 0 bridgehead atoms. The van der Waals surface area contributed by atoms with Gasteiger partial charge in [0.15, 0.2) is 0 Å². The maximum absolute atomic E-state index is 12.9. The summed E-state index contributed by atoms with van der Waals surface area (Å²) in [5.74, 6) is -0.186. The summed E-state index contributed by atoms with van der Waals surface area (Å²) in [7, 11) is 1.56. The van der Waals surface area contributed by atoms with Gasteiger partial charge in [-0.3, -0.25) is 13.8 Å². The largest absolute Gasteiger partial charge is 0.472 e. The SMILES string of the molecule is CCCCC/C=C/CC/C=C/C(O)C(COP(=O)(O)OCC[N+](C)(C)C)NC(=O)CCCCCCCCCCCCCCCCCCCCCCCCCCCCCC. The van der Waals surface area contributed by atoms with Crippen molar-refractivity contribution in [2.24, 2.45) is 0 Å². The molecule has 0 radical (unpaired) electrons. The molecular weight excluding hydrogens is 756 g/mol. The fourth-order valence-electron chi connectivity index (χ4n) is 7.41. The van der Waals surface area contributed by atoms with E-state index in [1.54, 1.807) is 6.08 Å². The summed E-state index contributed by atoms with van der Waals surface area (Å²) < 4.78 is 23.5. The molecule has 1 amide bonds. The average Bonchev–Trinajstić information content (AvgIpc) is 3.19. The molecule has 0 aromatic rings. The number of amides is 1. The van der Waals surface area contributed by atoms with Gasteiger partial charge in [-0.1, -0.05) is 224 Å². The zero-order valence-corrected chi connectivity index (χ0v) is 40.7. The van der Waals surface area contributed by atoms with E-state index in [2.05, 4.69) is 31.3 Å². The van der Waals surface area contributed by atoms with E-state index in [0.29, 0.717) is 17.4 Å². The minimum absolute atomic E-state index is 0.0579. The third kappa shape index (κ3) is 44.8. The van der Waals surface area contributed by atoms with E-state index >= 15 is 0 Å². The topological polar surface area (TPSA) is 105 Å². The standard InChI is InChI=1S/C50H99N2O6P/c1-6-8-10-12-14-16-17-18-19-20-21-22-23-24-25-26-27-28-29-30-31-32-33-34-36-38-40-42-44-50(54)51-48(47-58-59(55,56)57-46-45-52(3,4)5)49(53)43-41-39-37-35-15-13-11-9-7-2/h15,35,41,43,48-49,53H,6-14,16-34,36-40,42,44-47H2,1-5H3,(H-,51,54,55,56)/p+1/b35-15+,43-41+. The van der Waals surface area contributed by atoms with Crippen LogP contribution < -0.4 is 5.32 Å². The number of likely N-dealkylation sites (N-methyl/N-ethyl adjacent to an activating group) is 1. The van der Waals surface area contributed by atoms with Crippen molar-refractivity contribution < 1.29 is 32.9 Å². The Labute approximate surface area is 366 Å². The number of allylic oxidation sites excluding steroid dienone is 3. The van der Waals surface area contributed by atoms with Crippen LogP contribution in [-0.2, 0) is 18.4 Å². The van der Waals surface area contributed by atoms with Crippen molar-refractivity contribution in [3.8, 4) is 0 Å². The summed E-state index contributed by atoms with van der Waals surface area (Å²) in [5, 5.41) is 13.8. The van der Waals surface area contributed by atoms with Gasteiger partial charge in [0.05, 0.1) is 39.9 Å². The molecule has 0 aliphatic carbocycles. The monoisotopic (exact) mass is 856 g/mol. The third-order valence-electron chi connectivity index (χ3n) is 11.4. The molecule has 0 fully saturated rings. The minimum atomic E-state index is -4.34. The maximum Gasteiger partial charge on any atom is 0.472 e. The van der Waals surface area contributed by atoms with Gasteiger partial charge in [0.2, 0.25) is 5.91 Å². The molecule has 350 valence electrons. The average molecular weight is 856 g/mol. The first-order valence-electron chi connectivity index (χ1n) is 25.2. The Hall–Kier alpha value is -1.02. The summed E-state index contributed by atoms with van der Waals surface area (Å²) in [4.78, 5) is 23.1. The normalized spacial score (nSPS) is 14.4. The zero-order valence-electron chi connectivity index (χ0n) is 39.8. The van der Waals surface area contributed by atoms with Gasteiger partial charge in [-0.05, 0) is 32.1 Å². The lowest BCUT2D eigenvalue weighted by molar-refractivity contribution is -0.870. The number of hydrogen-bond acceptors (Lipinski definition) is 5. The van der Waals surface area contributed by atoms with Gasteiger partial charge in [0.25, 0.3) is 0 Å². The van der Waals surface area contributed by atoms with E-state index in [4.69, 9.17) is 9.05 Å². The molecule has 3 unspecified atom stereocenters. The number of phosphoric ester groups is 1. The first kappa shape index (κ1) is 58.0. The second-order valence-corrected chi connectivity index (χ2v) is 20.0. The molecule has 0 rings (SSSR count). The molecule has 0 aliphatic rings. The highest BCUT2D eigenvalue weighted by molar-refractivity contribution is 7.47. The Morgan fingerprint density at radius 1 is 0.559 bits per heavy atom. The Balaban J connectivity index is 4.01. The third-order valence-corrected chi connectivity index (χ3v) is 12.4. The lowest BCUT2D eigenvalue weighted by Gasteiger charge is -2.25. The molecule has 0 saturated carbocycles. The van der Waals surface area contributed by atoms with Gasteiger partial charge in [-0.25, -0.2) is 4.57 Å². The van der Waals surface area contributed by atoms with Crippen molar-refractivity contribution in [3.63, 3.8) is 0 Å². The molecule has 3 N–H and O–H groups in total. The molecule has 0 aromatic carbocycles. The smallest absolute Gasteiger partial charge is 0.387 e. The van der Waals surface area contributed by atoms with Gasteiger partial charge in [-0.2, -0.15) is 0 Å². The Morgan fingerprint density at radius 3 is 1.36 bits per heavy atom. The van der Waals surface area contributed by atoms with Crippen LogP contribution in [0.15, 0.2) is 24.3 Å². The molecular formula is C50H100N2O6P+. The van der Waals surface area contributed by atoms with Crippen LogP contribution in [0.4, 0.5) is 0 Å². The van der Waals surface area contributed by atoms with E-state index in [1.165, 1.54) is 180 Å². The number of aliphatic hydroxyl groups excluding tert-OH is 1. The Bertz CT molecular complexity index is 1020. The first-order valence-corrected chi connectivity index (χ1v) is 26.7. The molecule has 0 heterocycles. The molecule has 0 aliphatic heterocycles. The van der Waals surface area contributed by atoms with Crippen molar-refractivity contribution >= 4 is 13.7 Å². The van der Waals surface area contributed by atoms with Crippen LogP contribution in [-0.4, -0.2) is 73.4 Å². The number of carbonyl (C=O) groups excluding carboxylic acids is 1. The molecule has 8 nitrogen and oxygen atoms in total. The van der Waals surface area contributed by atoms with E-state index < -0.39 is 20.0 Å². The number of rotatable bonds is 46. The van der Waals surface area contributed by atoms with Crippen molar-refractivity contribution in [1.29, 1.82) is 0 Å². The van der Waals surface area contributed by atoms with Crippen LogP contribution in [0.2, 0.25) is 0 Å². The summed E-state index contributed by atoms with van der Waals surface area (Å²) in [6.45, 7) is 4.76. The van der Waals surface area contributed by atoms with Gasteiger partial charge in [0, 0.05) is 6.42 Å². The van der Waals surface area contributed by atoms with Crippen LogP contribution in [0.1, 0.15) is 239 Å². The van der Waals surface area contributed by atoms with Crippen LogP contribution >= 0.6 is 7.82 Å². The molecule has 3 atom stereocenters. The quantitative estimate of drug-likeness (QED) is 0.0244.